The van der Waals surface area contributed by atoms with E-state index in [1.54, 1.807) is 36.4 Å². The first-order valence-electron chi connectivity index (χ1n) is 11.0. The van der Waals surface area contributed by atoms with E-state index in [4.69, 9.17) is 27.9 Å². The fourth-order valence-corrected chi connectivity index (χ4v) is 4.40. The Kier molecular flexibility index (Phi) is 6.46. The van der Waals surface area contributed by atoms with Gasteiger partial charge in [-0.3, -0.25) is 14.9 Å². The molecule has 178 valence electrons. The van der Waals surface area contributed by atoms with Crippen LogP contribution in [-0.2, 0) is 16.2 Å². The Morgan fingerprint density at radius 2 is 1.61 bits per heavy atom. The Bertz CT molecular complexity index is 1560. The van der Waals surface area contributed by atoms with Crippen LogP contribution in [0.1, 0.15) is 11.1 Å². The number of benzene rings is 4. The molecule has 4 amide bonds. The quantitative estimate of drug-likeness (QED) is 0.246. The summed E-state index contributed by atoms with van der Waals surface area (Å²) in [6.45, 7) is 0.254. The number of fused-ring (bicyclic) bond motifs is 1. The maximum absolute atomic E-state index is 13.3. The van der Waals surface area contributed by atoms with E-state index in [0.717, 1.165) is 21.2 Å². The molecule has 1 heterocycles. The van der Waals surface area contributed by atoms with Gasteiger partial charge in [0.1, 0.15) is 17.9 Å². The highest BCUT2D eigenvalue weighted by Crippen LogP contribution is 2.31. The number of urea groups is 1. The predicted molar refractivity (Wildman–Crippen MR) is 140 cm³/mol. The molecule has 1 fully saturated rings. The topological polar surface area (TPSA) is 75.7 Å². The molecule has 0 aliphatic carbocycles. The van der Waals surface area contributed by atoms with Crippen LogP contribution in [0.25, 0.3) is 16.8 Å². The number of carbonyl (C=O) groups excluding carboxylic acids is 3. The van der Waals surface area contributed by atoms with Crippen LogP contribution >= 0.6 is 23.2 Å². The lowest BCUT2D eigenvalue weighted by Gasteiger charge is -2.27. The number of carbonyl (C=O) groups is 3. The van der Waals surface area contributed by atoms with Gasteiger partial charge in [0.15, 0.2) is 0 Å². The highest BCUT2D eigenvalue weighted by Gasteiger charge is 2.37. The molecule has 1 N–H and O–H groups in total. The normalized spacial score (nSPS) is 14.9. The van der Waals surface area contributed by atoms with Crippen molar-refractivity contribution in [1.82, 2.24) is 5.32 Å². The molecule has 1 aliphatic heterocycles. The van der Waals surface area contributed by atoms with Gasteiger partial charge in [0.05, 0.1) is 10.7 Å². The smallest absolute Gasteiger partial charge is 0.335 e. The van der Waals surface area contributed by atoms with E-state index in [1.807, 2.05) is 42.5 Å². The Balaban J connectivity index is 1.49. The van der Waals surface area contributed by atoms with Crippen molar-refractivity contribution in [3.05, 3.63) is 112 Å². The van der Waals surface area contributed by atoms with Gasteiger partial charge in [-0.15, -0.1) is 0 Å². The fourth-order valence-electron chi connectivity index (χ4n) is 4.00. The molecule has 36 heavy (non-hydrogen) atoms. The van der Waals surface area contributed by atoms with E-state index in [0.29, 0.717) is 16.3 Å². The molecule has 0 spiro atoms. The van der Waals surface area contributed by atoms with Crippen LogP contribution in [0.4, 0.5) is 10.5 Å². The monoisotopic (exact) mass is 516 g/mol. The second-order valence-electron chi connectivity index (χ2n) is 8.02. The van der Waals surface area contributed by atoms with Gasteiger partial charge in [-0.2, -0.15) is 0 Å². The second kappa shape index (κ2) is 9.85. The second-order valence-corrected chi connectivity index (χ2v) is 8.86. The number of imide groups is 2. The first-order valence-corrected chi connectivity index (χ1v) is 11.7. The minimum Gasteiger partial charge on any atom is -0.488 e. The molecule has 6 nitrogen and oxygen atoms in total. The van der Waals surface area contributed by atoms with Gasteiger partial charge in [-0.05, 0) is 52.7 Å². The Labute approximate surface area is 216 Å². The Hall–Kier alpha value is -4.13. The van der Waals surface area contributed by atoms with Gasteiger partial charge in [0.25, 0.3) is 11.8 Å². The molecule has 4 aromatic rings. The summed E-state index contributed by atoms with van der Waals surface area (Å²) in [5, 5.41) is 4.93. The van der Waals surface area contributed by atoms with Crippen LogP contribution in [0.2, 0.25) is 10.0 Å². The van der Waals surface area contributed by atoms with Crippen molar-refractivity contribution in [1.29, 1.82) is 0 Å². The molecule has 4 aromatic carbocycles. The van der Waals surface area contributed by atoms with Crippen molar-refractivity contribution >= 4 is 63.6 Å². The highest BCUT2D eigenvalue weighted by atomic mass is 35.5. The molecule has 0 saturated carbocycles. The highest BCUT2D eigenvalue weighted by molar-refractivity contribution is 6.42. The molecule has 5 rings (SSSR count). The van der Waals surface area contributed by atoms with Crippen molar-refractivity contribution < 1.29 is 19.1 Å². The molecule has 0 unspecified atom stereocenters. The maximum atomic E-state index is 13.3. The summed E-state index contributed by atoms with van der Waals surface area (Å²) in [4.78, 5) is 39.2. The zero-order chi connectivity index (χ0) is 25.2. The minimum absolute atomic E-state index is 0.165. The van der Waals surface area contributed by atoms with E-state index in [9.17, 15) is 14.4 Å². The number of halogens is 2. The molecule has 8 heteroatoms. The third-order valence-corrected chi connectivity index (χ3v) is 6.28. The van der Waals surface area contributed by atoms with Crippen molar-refractivity contribution in [2.75, 3.05) is 4.90 Å². The third-order valence-electron chi connectivity index (χ3n) is 5.73. The first kappa shape index (κ1) is 23.6. The molecule has 0 bridgehead atoms. The van der Waals surface area contributed by atoms with Gasteiger partial charge < -0.3 is 4.74 Å². The van der Waals surface area contributed by atoms with E-state index >= 15 is 0 Å². The number of barbiturate groups is 1. The summed E-state index contributed by atoms with van der Waals surface area (Å²) >= 11 is 12.4. The zero-order valence-electron chi connectivity index (χ0n) is 18.7. The number of hydrogen-bond donors (Lipinski definition) is 1. The molecule has 1 saturated heterocycles. The summed E-state index contributed by atoms with van der Waals surface area (Å²) < 4.78 is 6.10. The predicted octanol–water partition coefficient (Wildman–Crippen LogP) is 6.39. The van der Waals surface area contributed by atoms with Gasteiger partial charge in [0, 0.05) is 10.6 Å². The summed E-state index contributed by atoms with van der Waals surface area (Å²) in [7, 11) is 0. The summed E-state index contributed by atoms with van der Waals surface area (Å²) in [5.74, 6) is -1.22. The minimum atomic E-state index is -0.881. The summed E-state index contributed by atoms with van der Waals surface area (Å²) in [6, 6.07) is 24.3. The number of hydrogen-bond acceptors (Lipinski definition) is 4. The molecular formula is C28H18Cl2N2O4. The Morgan fingerprint density at radius 3 is 2.44 bits per heavy atom. The summed E-state index contributed by atoms with van der Waals surface area (Å²) in [5.41, 5.74) is 1.30. The molecule has 1 aliphatic rings. The summed E-state index contributed by atoms with van der Waals surface area (Å²) in [6.07, 6.45) is 1.36. The van der Waals surface area contributed by atoms with Crippen LogP contribution < -0.4 is 15.0 Å². The molecular weight excluding hydrogens is 499 g/mol. The van der Waals surface area contributed by atoms with E-state index < -0.39 is 17.8 Å². The van der Waals surface area contributed by atoms with E-state index in [2.05, 4.69) is 5.32 Å². The number of nitrogens with one attached hydrogen (secondary N) is 1. The van der Waals surface area contributed by atoms with E-state index in [1.165, 1.54) is 12.1 Å². The maximum Gasteiger partial charge on any atom is 0.335 e. The van der Waals surface area contributed by atoms with Crippen LogP contribution in [0.3, 0.4) is 0 Å². The SMILES string of the molecule is O=C1NC(=O)N(c2ccccc2Cl)C(=O)/C1=C/c1cc(Cl)ccc1OCc1cccc2ccccc12. The van der Waals surface area contributed by atoms with Crippen LogP contribution in [0.5, 0.6) is 5.75 Å². The van der Waals surface area contributed by atoms with Crippen molar-refractivity contribution in [2.45, 2.75) is 6.61 Å². The number of rotatable bonds is 5. The lowest BCUT2D eigenvalue weighted by molar-refractivity contribution is -0.122. The zero-order valence-corrected chi connectivity index (χ0v) is 20.2. The largest absolute Gasteiger partial charge is 0.488 e. The standard InChI is InChI=1S/C28H18Cl2N2O4/c29-20-12-13-25(36-16-18-8-5-7-17-6-1-2-9-21(17)18)19(14-20)15-22-26(33)31-28(35)32(27(22)34)24-11-4-3-10-23(24)30/h1-15H,16H2,(H,31,33,35)/b22-15+. The van der Waals surface area contributed by atoms with Crippen LogP contribution in [0, 0.1) is 0 Å². The van der Waals surface area contributed by atoms with Crippen LogP contribution in [0.15, 0.2) is 90.5 Å². The van der Waals surface area contributed by atoms with Crippen molar-refractivity contribution in [2.24, 2.45) is 0 Å². The lowest BCUT2D eigenvalue weighted by atomic mass is 10.0. The van der Waals surface area contributed by atoms with Gasteiger partial charge >= 0.3 is 6.03 Å². The fraction of sp³-hybridized carbons (Fsp3) is 0.0357. The average Bonchev–Trinajstić information content (AvgIpc) is 2.87. The number of anilines is 1. The molecule has 0 aromatic heterocycles. The van der Waals surface area contributed by atoms with Gasteiger partial charge in [-0.25, -0.2) is 9.69 Å². The van der Waals surface area contributed by atoms with E-state index in [-0.39, 0.29) is 22.9 Å². The third kappa shape index (κ3) is 4.56. The van der Waals surface area contributed by atoms with Crippen molar-refractivity contribution in [3.8, 4) is 5.75 Å². The lowest BCUT2D eigenvalue weighted by Crippen LogP contribution is -2.54. The van der Waals surface area contributed by atoms with Crippen LogP contribution in [-0.4, -0.2) is 17.8 Å². The van der Waals surface area contributed by atoms with Gasteiger partial charge in [-0.1, -0.05) is 77.8 Å². The first-order chi connectivity index (χ1) is 17.4. The number of ether oxygens (including phenoxy) is 1. The average molecular weight is 517 g/mol. The molecule has 0 atom stereocenters. The molecule has 0 radical (unpaired) electrons. The number of amides is 4. The van der Waals surface area contributed by atoms with Crippen molar-refractivity contribution in [3.63, 3.8) is 0 Å². The number of para-hydroxylation sites is 1. The Morgan fingerprint density at radius 1 is 0.861 bits per heavy atom. The number of nitrogens with zero attached hydrogens (tertiary/aromatic N) is 1. The van der Waals surface area contributed by atoms with Gasteiger partial charge in [0.2, 0.25) is 0 Å².